The lowest BCUT2D eigenvalue weighted by Gasteiger charge is -2.36. The summed E-state index contributed by atoms with van der Waals surface area (Å²) in [4.78, 5) is 29.4. The Morgan fingerprint density at radius 3 is 2.47 bits per heavy atom. The number of alkyl halides is 3. The van der Waals surface area contributed by atoms with E-state index in [0.717, 1.165) is 25.2 Å². The fourth-order valence-electron chi connectivity index (χ4n) is 4.34. The average Bonchev–Trinajstić information content (AvgIpc) is 2.83. The highest BCUT2D eigenvalue weighted by molar-refractivity contribution is 5.79. The highest BCUT2D eigenvalue weighted by atomic mass is 19.4. The molecule has 1 amide bonds. The number of hydrogen-bond acceptors (Lipinski definition) is 7. The number of nitrogens with zero attached hydrogens (tertiary/aromatic N) is 5. The van der Waals surface area contributed by atoms with Crippen LogP contribution in [0.1, 0.15) is 24.8 Å². The maximum atomic E-state index is 13.2. The normalized spacial score (nSPS) is 17.9. The summed E-state index contributed by atoms with van der Waals surface area (Å²) in [5, 5.41) is 20.4. The van der Waals surface area contributed by atoms with Crippen LogP contribution >= 0.6 is 0 Å². The molecule has 12 heteroatoms. The summed E-state index contributed by atoms with van der Waals surface area (Å²) >= 11 is 0. The van der Waals surface area contributed by atoms with Crippen LogP contribution in [0, 0.1) is 27.4 Å². The lowest BCUT2D eigenvalue weighted by Crippen LogP contribution is -2.47. The molecule has 0 spiro atoms. The van der Waals surface area contributed by atoms with Gasteiger partial charge in [0.15, 0.2) is 0 Å². The molecular weight excluding hydrogens is 455 g/mol. The molecule has 1 aromatic carbocycles. The zero-order valence-corrected chi connectivity index (χ0v) is 18.8. The van der Waals surface area contributed by atoms with E-state index in [-0.39, 0.29) is 23.9 Å². The maximum absolute atomic E-state index is 13.2. The van der Waals surface area contributed by atoms with Crippen molar-refractivity contribution in [3.8, 4) is 6.07 Å². The van der Waals surface area contributed by atoms with Gasteiger partial charge in [0.25, 0.3) is 5.69 Å². The zero-order chi connectivity index (χ0) is 24.7. The third-order valence-corrected chi connectivity index (χ3v) is 6.28. The number of nitro groups is 1. The number of carbonyl (C=O) groups is 1. The summed E-state index contributed by atoms with van der Waals surface area (Å²) in [5.74, 6) is -0.349. The quantitative estimate of drug-likeness (QED) is 0.414. The molecule has 0 radical (unpaired) electrons. The molecule has 2 saturated heterocycles. The van der Waals surface area contributed by atoms with Crippen LogP contribution in [-0.4, -0.2) is 79.7 Å². The first kappa shape index (κ1) is 25.7. The number of ether oxygens (including phenoxy) is 1. The summed E-state index contributed by atoms with van der Waals surface area (Å²) in [6.07, 6.45) is -3.59. The second-order valence-electron chi connectivity index (χ2n) is 8.41. The Labute approximate surface area is 195 Å². The van der Waals surface area contributed by atoms with Gasteiger partial charge in [0.1, 0.15) is 5.69 Å². The highest BCUT2D eigenvalue weighted by Crippen LogP contribution is 2.37. The summed E-state index contributed by atoms with van der Waals surface area (Å²) in [5.41, 5.74) is -1.54. The third-order valence-electron chi connectivity index (χ3n) is 6.28. The minimum atomic E-state index is -4.67. The van der Waals surface area contributed by atoms with Crippen molar-refractivity contribution in [3.05, 3.63) is 33.9 Å². The molecule has 0 atom stereocenters. The molecule has 2 aliphatic rings. The Hall–Kier alpha value is -2.91. The topological polar surface area (TPSA) is 103 Å². The minimum Gasteiger partial charge on any atom is -0.379 e. The van der Waals surface area contributed by atoms with Crippen LogP contribution in [-0.2, 0) is 15.7 Å². The second-order valence-corrected chi connectivity index (χ2v) is 8.41. The predicted octanol–water partition coefficient (Wildman–Crippen LogP) is 2.90. The van der Waals surface area contributed by atoms with Crippen LogP contribution in [0.15, 0.2) is 18.2 Å². The molecule has 3 rings (SSSR count). The molecule has 0 unspecified atom stereocenters. The van der Waals surface area contributed by atoms with Crippen molar-refractivity contribution in [2.45, 2.75) is 25.4 Å². The summed E-state index contributed by atoms with van der Waals surface area (Å²) in [6.45, 7) is 5.07. The molecule has 9 nitrogen and oxygen atoms in total. The fraction of sp³-hybridized carbons (Fsp3) is 0.636. The SMILES string of the molecule is N#CCCN(CCN1CCOCC1)C(=O)C1CCN(c2ccc(C(F)(F)F)cc2[N+](=O)[O-])CC1. The molecule has 2 heterocycles. The lowest BCUT2D eigenvalue weighted by molar-refractivity contribution is -0.384. The van der Waals surface area contributed by atoms with Crippen molar-refractivity contribution in [1.82, 2.24) is 9.80 Å². The van der Waals surface area contributed by atoms with Gasteiger partial charge in [0.2, 0.25) is 5.91 Å². The second kappa shape index (κ2) is 11.5. The van der Waals surface area contributed by atoms with Crippen LogP contribution in [0.25, 0.3) is 0 Å². The van der Waals surface area contributed by atoms with Crippen molar-refractivity contribution in [3.63, 3.8) is 0 Å². The van der Waals surface area contributed by atoms with E-state index in [0.29, 0.717) is 64.8 Å². The molecule has 0 aromatic heterocycles. The Kier molecular flexibility index (Phi) is 8.68. The van der Waals surface area contributed by atoms with Gasteiger partial charge in [-0.1, -0.05) is 0 Å². The van der Waals surface area contributed by atoms with E-state index in [4.69, 9.17) is 10.00 Å². The number of anilines is 1. The van der Waals surface area contributed by atoms with Crippen molar-refractivity contribution in [2.24, 2.45) is 5.92 Å². The molecule has 186 valence electrons. The summed E-state index contributed by atoms with van der Waals surface area (Å²) in [6, 6.07) is 4.60. The highest BCUT2D eigenvalue weighted by Gasteiger charge is 2.35. The number of nitriles is 1. The van der Waals surface area contributed by atoms with Gasteiger partial charge < -0.3 is 14.5 Å². The lowest BCUT2D eigenvalue weighted by atomic mass is 9.94. The molecule has 1 aromatic rings. The van der Waals surface area contributed by atoms with Gasteiger partial charge in [-0.15, -0.1) is 0 Å². The van der Waals surface area contributed by atoms with Crippen LogP contribution < -0.4 is 4.90 Å². The van der Waals surface area contributed by atoms with Crippen molar-refractivity contribution < 1.29 is 27.6 Å². The smallest absolute Gasteiger partial charge is 0.379 e. The van der Waals surface area contributed by atoms with Gasteiger partial charge >= 0.3 is 6.18 Å². The molecule has 0 aliphatic carbocycles. The van der Waals surface area contributed by atoms with Gasteiger partial charge in [-0.25, -0.2) is 0 Å². The van der Waals surface area contributed by atoms with E-state index < -0.39 is 22.4 Å². The van der Waals surface area contributed by atoms with Gasteiger partial charge in [-0.3, -0.25) is 19.8 Å². The molecule has 0 saturated carbocycles. The number of carbonyl (C=O) groups excluding carboxylic acids is 1. The number of piperidine rings is 1. The van der Waals surface area contributed by atoms with Crippen molar-refractivity contribution >= 4 is 17.3 Å². The van der Waals surface area contributed by atoms with Crippen LogP contribution in [0.2, 0.25) is 0 Å². The third kappa shape index (κ3) is 6.57. The van der Waals surface area contributed by atoms with Gasteiger partial charge in [0.05, 0.1) is 36.2 Å². The summed E-state index contributed by atoms with van der Waals surface area (Å²) < 4.78 is 44.3. The Balaban J connectivity index is 1.63. The van der Waals surface area contributed by atoms with Crippen molar-refractivity contribution in [1.29, 1.82) is 5.26 Å². The number of rotatable bonds is 8. The first-order chi connectivity index (χ1) is 16.2. The fourth-order valence-corrected chi connectivity index (χ4v) is 4.34. The van der Waals surface area contributed by atoms with E-state index in [2.05, 4.69) is 11.0 Å². The molecule has 34 heavy (non-hydrogen) atoms. The number of morpholine rings is 1. The molecule has 0 N–H and O–H groups in total. The van der Waals surface area contributed by atoms with E-state index in [1.807, 2.05) is 0 Å². The minimum absolute atomic E-state index is 0.0509. The average molecular weight is 483 g/mol. The van der Waals surface area contributed by atoms with E-state index in [9.17, 15) is 28.1 Å². The largest absolute Gasteiger partial charge is 0.416 e. The number of nitro benzene ring substituents is 1. The first-order valence-electron chi connectivity index (χ1n) is 11.3. The van der Waals surface area contributed by atoms with Crippen molar-refractivity contribution in [2.75, 3.05) is 63.9 Å². The molecular formula is C22H28F3N5O4. The predicted molar refractivity (Wildman–Crippen MR) is 117 cm³/mol. The number of halogens is 3. The van der Waals surface area contributed by atoms with Gasteiger partial charge in [-0.2, -0.15) is 18.4 Å². The standard InChI is InChI=1S/C22H28F3N5O4/c23-22(24,25)18-2-3-19(20(16-18)30(32)33)28-8-4-17(5-9-28)21(31)29(7-1-6-26)11-10-27-12-14-34-15-13-27/h2-3,16-17H,1,4-5,7-15H2. The Morgan fingerprint density at radius 2 is 1.88 bits per heavy atom. The number of amides is 1. The van der Waals surface area contributed by atoms with Crippen LogP contribution in [0.5, 0.6) is 0 Å². The number of hydrogen-bond donors (Lipinski definition) is 0. The van der Waals surface area contributed by atoms with Gasteiger partial charge in [-0.05, 0) is 25.0 Å². The number of benzene rings is 1. The zero-order valence-electron chi connectivity index (χ0n) is 18.8. The Morgan fingerprint density at radius 1 is 1.21 bits per heavy atom. The monoisotopic (exact) mass is 483 g/mol. The molecule has 0 bridgehead atoms. The van der Waals surface area contributed by atoms with Crippen LogP contribution in [0.4, 0.5) is 24.5 Å². The van der Waals surface area contributed by atoms with E-state index in [1.54, 1.807) is 9.80 Å². The summed E-state index contributed by atoms with van der Waals surface area (Å²) in [7, 11) is 0. The Bertz CT molecular complexity index is 907. The van der Waals surface area contributed by atoms with E-state index in [1.165, 1.54) is 0 Å². The van der Waals surface area contributed by atoms with E-state index >= 15 is 0 Å². The van der Waals surface area contributed by atoms with Gasteiger partial charge in [0, 0.05) is 57.8 Å². The molecule has 2 fully saturated rings. The first-order valence-corrected chi connectivity index (χ1v) is 11.3. The van der Waals surface area contributed by atoms with Crippen LogP contribution in [0.3, 0.4) is 0 Å². The molecule has 2 aliphatic heterocycles. The maximum Gasteiger partial charge on any atom is 0.416 e.